The van der Waals surface area contributed by atoms with Gasteiger partial charge in [-0.05, 0) is 43.3 Å². The lowest BCUT2D eigenvalue weighted by atomic mass is 9.97. The highest BCUT2D eigenvalue weighted by Gasteiger charge is 2.59. The van der Waals surface area contributed by atoms with Crippen molar-refractivity contribution in [3.05, 3.63) is 84.4 Å². The van der Waals surface area contributed by atoms with E-state index in [0.29, 0.717) is 22.8 Å². The van der Waals surface area contributed by atoms with E-state index in [1.165, 1.54) is 12.1 Å². The molecule has 2 heterocycles. The first-order valence-corrected chi connectivity index (χ1v) is 10.8. The van der Waals surface area contributed by atoms with Crippen LogP contribution in [0.1, 0.15) is 5.56 Å². The molecule has 0 aromatic heterocycles. The standard InChI is InChI=1S/C26H22N4O4/c1-16-12-14-18(15-13-16)30-23-21(22(28-30)24(31)27-17-8-4-3-5-9-17)25(32)29(26(23)33)19-10-6-7-11-20(19)34-2/h3-15,21,23H,1-2H3,(H,27,31)/t21-,23+/m0/s1. The first kappa shape index (κ1) is 21.4. The van der Waals surface area contributed by atoms with Gasteiger partial charge >= 0.3 is 0 Å². The van der Waals surface area contributed by atoms with E-state index in [1.807, 2.05) is 37.3 Å². The molecule has 170 valence electrons. The number of hydrogen-bond donors (Lipinski definition) is 1. The van der Waals surface area contributed by atoms with Crippen LogP contribution in [0.3, 0.4) is 0 Å². The van der Waals surface area contributed by atoms with Crippen LogP contribution in [-0.2, 0) is 14.4 Å². The van der Waals surface area contributed by atoms with E-state index in [2.05, 4.69) is 10.4 Å². The van der Waals surface area contributed by atoms with E-state index in [9.17, 15) is 14.4 Å². The molecule has 8 heteroatoms. The van der Waals surface area contributed by atoms with E-state index in [0.717, 1.165) is 10.5 Å². The van der Waals surface area contributed by atoms with E-state index in [1.54, 1.807) is 48.5 Å². The lowest BCUT2D eigenvalue weighted by Crippen LogP contribution is -2.39. The molecule has 1 saturated heterocycles. The number of nitrogens with zero attached hydrogens (tertiary/aromatic N) is 3. The van der Waals surface area contributed by atoms with Gasteiger partial charge in [0.25, 0.3) is 11.8 Å². The van der Waals surface area contributed by atoms with Gasteiger partial charge in [0, 0.05) is 5.69 Å². The molecule has 3 amide bonds. The van der Waals surface area contributed by atoms with Crippen LogP contribution in [0.4, 0.5) is 17.1 Å². The number of ether oxygens (including phenoxy) is 1. The summed E-state index contributed by atoms with van der Waals surface area (Å²) < 4.78 is 5.39. The number of anilines is 3. The lowest BCUT2D eigenvalue weighted by molar-refractivity contribution is -0.122. The summed E-state index contributed by atoms with van der Waals surface area (Å²) in [6.07, 6.45) is 0. The van der Waals surface area contributed by atoms with Crippen LogP contribution < -0.4 is 20.0 Å². The Morgan fingerprint density at radius 1 is 0.912 bits per heavy atom. The van der Waals surface area contributed by atoms with Crippen molar-refractivity contribution in [3.8, 4) is 5.75 Å². The molecule has 8 nitrogen and oxygen atoms in total. The number of fused-ring (bicyclic) bond motifs is 1. The predicted molar refractivity (Wildman–Crippen MR) is 129 cm³/mol. The fourth-order valence-electron chi connectivity index (χ4n) is 4.28. The smallest absolute Gasteiger partial charge is 0.272 e. The van der Waals surface area contributed by atoms with Crippen LogP contribution >= 0.6 is 0 Å². The van der Waals surface area contributed by atoms with Crippen LogP contribution in [0.5, 0.6) is 5.75 Å². The van der Waals surface area contributed by atoms with Crippen molar-refractivity contribution >= 4 is 40.5 Å². The molecule has 0 spiro atoms. The minimum atomic E-state index is -1.05. The maximum atomic E-state index is 13.6. The Balaban J connectivity index is 1.57. The quantitative estimate of drug-likeness (QED) is 0.597. The van der Waals surface area contributed by atoms with Crippen molar-refractivity contribution in [2.45, 2.75) is 13.0 Å². The largest absolute Gasteiger partial charge is 0.495 e. The number of imide groups is 1. The number of carbonyl (C=O) groups excluding carboxylic acids is 3. The second-order valence-corrected chi connectivity index (χ2v) is 8.09. The number of carbonyl (C=O) groups is 3. The Labute approximate surface area is 196 Å². The Hall–Kier alpha value is -4.46. The van der Waals surface area contributed by atoms with Gasteiger partial charge in [-0.1, -0.05) is 48.0 Å². The number of hydrazone groups is 1. The summed E-state index contributed by atoms with van der Waals surface area (Å²) in [5.41, 5.74) is 2.55. The molecular weight excluding hydrogens is 432 g/mol. The van der Waals surface area contributed by atoms with E-state index in [-0.39, 0.29) is 5.71 Å². The van der Waals surface area contributed by atoms with Gasteiger partial charge < -0.3 is 10.1 Å². The van der Waals surface area contributed by atoms with Crippen LogP contribution in [0, 0.1) is 12.8 Å². The molecule has 0 unspecified atom stereocenters. The number of benzene rings is 3. The Morgan fingerprint density at radius 2 is 1.59 bits per heavy atom. The van der Waals surface area contributed by atoms with Crippen molar-refractivity contribution in [3.63, 3.8) is 0 Å². The highest BCUT2D eigenvalue weighted by atomic mass is 16.5. The van der Waals surface area contributed by atoms with Gasteiger partial charge in [-0.2, -0.15) is 5.10 Å². The first-order valence-electron chi connectivity index (χ1n) is 10.8. The van der Waals surface area contributed by atoms with Crippen LogP contribution in [0.2, 0.25) is 0 Å². The van der Waals surface area contributed by atoms with Crippen molar-refractivity contribution < 1.29 is 19.1 Å². The molecule has 2 aliphatic rings. The Bertz CT molecular complexity index is 1300. The molecule has 2 aliphatic heterocycles. The van der Waals surface area contributed by atoms with Crippen LogP contribution in [0.25, 0.3) is 0 Å². The van der Waals surface area contributed by atoms with Crippen molar-refractivity contribution in [1.29, 1.82) is 0 Å². The SMILES string of the molecule is COc1ccccc1N1C(=O)[C@H]2C(C(=O)Nc3ccccc3)=NN(c3ccc(C)cc3)[C@H]2C1=O. The van der Waals surface area contributed by atoms with E-state index >= 15 is 0 Å². The van der Waals surface area contributed by atoms with Crippen LogP contribution in [-0.4, -0.2) is 36.6 Å². The maximum absolute atomic E-state index is 13.6. The van der Waals surface area contributed by atoms with Crippen molar-refractivity contribution in [1.82, 2.24) is 0 Å². The summed E-state index contributed by atoms with van der Waals surface area (Å²) in [6, 6.07) is 22.1. The second-order valence-electron chi connectivity index (χ2n) is 8.09. The molecule has 5 rings (SSSR count). The number of para-hydroxylation sites is 3. The fraction of sp³-hybridized carbons (Fsp3) is 0.154. The average Bonchev–Trinajstić information content (AvgIpc) is 3.37. The van der Waals surface area contributed by atoms with E-state index < -0.39 is 29.7 Å². The predicted octanol–water partition coefficient (Wildman–Crippen LogP) is 3.38. The zero-order valence-electron chi connectivity index (χ0n) is 18.6. The topological polar surface area (TPSA) is 91.3 Å². The third kappa shape index (κ3) is 3.49. The number of nitrogens with one attached hydrogen (secondary N) is 1. The molecule has 0 bridgehead atoms. The molecule has 0 aliphatic carbocycles. The minimum Gasteiger partial charge on any atom is -0.495 e. The monoisotopic (exact) mass is 454 g/mol. The molecule has 0 saturated carbocycles. The number of rotatable bonds is 5. The zero-order valence-corrected chi connectivity index (χ0v) is 18.6. The van der Waals surface area contributed by atoms with Gasteiger partial charge in [0.1, 0.15) is 23.4 Å². The molecule has 3 aromatic carbocycles. The van der Waals surface area contributed by atoms with Gasteiger partial charge in [0.05, 0.1) is 18.5 Å². The number of aryl methyl sites for hydroxylation is 1. The third-order valence-electron chi connectivity index (χ3n) is 5.94. The average molecular weight is 454 g/mol. The summed E-state index contributed by atoms with van der Waals surface area (Å²) in [7, 11) is 1.48. The van der Waals surface area contributed by atoms with Gasteiger partial charge in [-0.3, -0.25) is 19.4 Å². The Kier molecular flexibility index (Phi) is 5.33. The highest BCUT2D eigenvalue weighted by molar-refractivity contribution is 6.51. The number of amides is 3. The highest BCUT2D eigenvalue weighted by Crippen LogP contribution is 2.40. The third-order valence-corrected chi connectivity index (χ3v) is 5.94. The van der Waals surface area contributed by atoms with Crippen molar-refractivity contribution in [2.24, 2.45) is 11.0 Å². The maximum Gasteiger partial charge on any atom is 0.272 e. The molecule has 0 radical (unpaired) electrons. The summed E-state index contributed by atoms with van der Waals surface area (Å²) >= 11 is 0. The van der Waals surface area contributed by atoms with Gasteiger partial charge in [-0.15, -0.1) is 0 Å². The molecule has 2 atom stereocenters. The molecular formula is C26H22N4O4. The van der Waals surface area contributed by atoms with Crippen molar-refractivity contribution in [2.75, 3.05) is 22.3 Å². The number of methoxy groups -OCH3 is 1. The number of hydrogen-bond acceptors (Lipinski definition) is 6. The van der Waals surface area contributed by atoms with Gasteiger partial charge in [0.15, 0.2) is 0 Å². The summed E-state index contributed by atoms with van der Waals surface area (Å²) in [6.45, 7) is 1.95. The van der Waals surface area contributed by atoms with E-state index in [4.69, 9.17) is 4.74 Å². The zero-order chi connectivity index (χ0) is 23.8. The minimum absolute atomic E-state index is 0.00910. The second kappa shape index (κ2) is 8.47. The molecule has 3 aromatic rings. The normalized spacial score (nSPS) is 19.2. The molecule has 1 fully saturated rings. The lowest BCUT2D eigenvalue weighted by Gasteiger charge is -2.23. The van der Waals surface area contributed by atoms with Gasteiger partial charge in [-0.25, -0.2) is 4.90 Å². The van der Waals surface area contributed by atoms with Crippen LogP contribution in [0.15, 0.2) is 84.0 Å². The fourth-order valence-corrected chi connectivity index (χ4v) is 4.28. The summed E-state index contributed by atoms with van der Waals surface area (Å²) in [4.78, 5) is 41.6. The summed E-state index contributed by atoms with van der Waals surface area (Å²) in [5, 5.41) is 8.74. The van der Waals surface area contributed by atoms with Gasteiger partial charge in [0.2, 0.25) is 5.91 Å². The molecule has 34 heavy (non-hydrogen) atoms. The Morgan fingerprint density at radius 3 is 2.29 bits per heavy atom. The molecule has 1 N–H and O–H groups in total. The summed E-state index contributed by atoms with van der Waals surface area (Å²) in [5.74, 6) is -2.18. The first-order chi connectivity index (χ1) is 16.5.